The van der Waals surface area contributed by atoms with E-state index in [4.69, 9.17) is 5.73 Å². The molecule has 0 aliphatic carbocycles. The predicted octanol–water partition coefficient (Wildman–Crippen LogP) is -0.722. The molecule has 0 saturated carbocycles. The van der Waals surface area contributed by atoms with E-state index >= 15 is 0 Å². The number of carbonyl (C=O) groups excluding carboxylic acids is 3. The Kier molecular flexibility index (Phi) is 6.65. The molecule has 0 bridgehead atoms. The van der Waals surface area contributed by atoms with Crippen molar-refractivity contribution in [1.82, 2.24) is 14.6 Å². The highest BCUT2D eigenvalue weighted by Gasteiger charge is 2.68. The third-order valence-corrected chi connectivity index (χ3v) is 10.9. The van der Waals surface area contributed by atoms with Crippen molar-refractivity contribution in [3.05, 3.63) is 23.6 Å². The van der Waals surface area contributed by atoms with Gasteiger partial charge in [0.1, 0.15) is 18.2 Å². The van der Waals surface area contributed by atoms with Crippen molar-refractivity contribution >= 4 is 63.0 Å². The van der Waals surface area contributed by atoms with Crippen LogP contribution in [0.15, 0.2) is 23.8 Å². The standard InChI is InChI=1S/C23H29N5O5S3/c1-11-14(8-28-17(11)23(12(2)29,21(28)31)22(32)33)16-9-27-10-26(19(34-3)20(27)36-16)4-5-35-13-6-15(18(24)30)25-7-13/h8-13,15,17,25,29H,4-7H2,1-3H3,(H2-,24,30,32,33)/t11-,12+,13-,15-,17+,23+/m0/s1. The molecule has 10 nitrogen and oxygen atoms in total. The Morgan fingerprint density at radius 1 is 1.47 bits per heavy atom. The molecule has 2 aromatic heterocycles. The molecule has 5 rings (SSSR count). The molecular formula is C23H29N5O5S3. The van der Waals surface area contributed by atoms with E-state index in [9.17, 15) is 24.6 Å². The first-order chi connectivity index (χ1) is 17.1. The summed E-state index contributed by atoms with van der Waals surface area (Å²) in [5, 5.41) is 26.8. The van der Waals surface area contributed by atoms with Gasteiger partial charge in [0.05, 0.1) is 29.0 Å². The number of primary amides is 1. The second kappa shape index (κ2) is 9.35. The zero-order valence-corrected chi connectivity index (χ0v) is 22.6. The maximum Gasteiger partial charge on any atom is 0.250 e. The number of imidazole rings is 1. The first-order valence-corrected chi connectivity index (χ1v) is 14.9. The summed E-state index contributed by atoms with van der Waals surface area (Å²) in [6.45, 7) is 4.85. The summed E-state index contributed by atoms with van der Waals surface area (Å²) in [7, 11) is 0. The molecule has 6 atom stereocenters. The van der Waals surface area contributed by atoms with E-state index in [-0.39, 0.29) is 17.9 Å². The number of hydrogen-bond acceptors (Lipinski definition) is 9. The lowest BCUT2D eigenvalue weighted by Crippen LogP contribution is -2.76. The van der Waals surface area contributed by atoms with Crippen LogP contribution in [0.25, 0.3) is 10.4 Å². The van der Waals surface area contributed by atoms with Crippen LogP contribution in [0, 0.1) is 11.3 Å². The molecule has 3 aliphatic rings. The summed E-state index contributed by atoms with van der Waals surface area (Å²) in [5.41, 5.74) is 4.38. The molecule has 2 amide bonds. The number of carboxylic acids is 1. The number of nitrogens with one attached hydrogen (secondary N) is 1. The Morgan fingerprint density at radius 3 is 2.83 bits per heavy atom. The molecule has 0 aromatic carbocycles. The van der Waals surface area contributed by atoms with Gasteiger partial charge in [0.2, 0.25) is 21.7 Å². The molecule has 36 heavy (non-hydrogen) atoms. The minimum atomic E-state index is -1.91. The fourth-order valence-electron chi connectivity index (χ4n) is 5.72. The number of rotatable bonds is 9. The van der Waals surface area contributed by atoms with Crippen LogP contribution < -0.4 is 20.7 Å². The molecule has 0 radical (unpaired) electrons. The molecule has 3 aliphatic heterocycles. The average Bonchev–Trinajstić information content (AvgIpc) is 3.55. The number of carboxylic acid groups (broad SMARTS) is 1. The Morgan fingerprint density at radius 2 is 2.22 bits per heavy atom. The van der Waals surface area contributed by atoms with Crippen molar-refractivity contribution < 1.29 is 29.2 Å². The van der Waals surface area contributed by atoms with Crippen LogP contribution in [0.5, 0.6) is 0 Å². The highest BCUT2D eigenvalue weighted by molar-refractivity contribution is 8.00. The number of aliphatic hydroxyl groups excluding tert-OH is 1. The van der Waals surface area contributed by atoms with Gasteiger partial charge in [0.25, 0.3) is 6.33 Å². The van der Waals surface area contributed by atoms with E-state index < -0.39 is 29.4 Å². The monoisotopic (exact) mass is 551 g/mol. The second-order valence-electron chi connectivity index (χ2n) is 9.58. The predicted molar refractivity (Wildman–Crippen MR) is 136 cm³/mol. The maximum atomic E-state index is 12.7. The van der Waals surface area contributed by atoms with E-state index in [1.165, 1.54) is 11.8 Å². The molecule has 5 heterocycles. The van der Waals surface area contributed by atoms with Crippen LogP contribution in [0.2, 0.25) is 0 Å². The van der Waals surface area contributed by atoms with Crippen molar-refractivity contribution in [2.24, 2.45) is 17.1 Å². The van der Waals surface area contributed by atoms with Gasteiger partial charge in [0, 0.05) is 29.7 Å². The topological polar surface area (TPSA) is 144 Å². The Bertz CT molecular complexity index is 1270. The van der Waals surface area contributed by atoms with Gasteiger partial charge in [-0.15, -0.1) is 0 Å². The molecular weight excluding hydrogens is 522 g/mol. The number of thioether (sulfide) groups is 2. The fraction of sp³-hybridized carbons (Fsp3) is 0.565. The fourth-order valence-corrected chi connectivity index (χ4v) is 9.07. The number of aromatic nitrogens is 2. The van der Waals surface area contributed by atoms with Gasteiger partial charge in [-0.2, -0.15) is 16.2 Å². The maximum absolute atomic E-state index is 12.7. The lowest BCUT2D eigenvalue weighted by Gasteiger charge is -2.55. The molecule has 0 unspecified atom stereocenters. The van der Waals surface area contributed by atoms with Crippen molar-refractivity contribution in [2.75, 3.05) is 18.6 Å². The van der Waals surface area contributed by atoms with Crippen molar-refractivity contribution in [3.8, 4) is 0 Å². The van der Waals surface area contributed by atoms with E-state index in [0.717, 1.165) is 45.6 Å². The van der Waals surface area contributed by atoms with Gasteiger partial charge in [-0.1, -0.05) is 30.0 Å². The van der Waals surface area contributed by atoms with Crippen LogP contribution in [0.3, 0.4) is 0 Å². The molecule has 13 heteroatoms. The highest BCUT2D eigenvalue weighted by atomic mass is 32.2. The van der Waals surface area contributed by atoms with Crippen LogP contribution >= 0.6 is 34.9 Å². The van der Waals surface area contributed by atoms with Gasteiger partial charge in [0.15, 0.2) is 0 Å². The number of hydrogen-bond donors (Lipinski definition) is 3. The Labute approximate surface area is 220 Å². The summed E-state index contributed by atoms with van der Waals surface area (Å²) >= 11 is 5.11. The molecule has 2 saturated heterocycles. The van der Waals surface area contributed by atoms with Gasteiger partial charge in [-0.05, 0) is 25.2 Å². The van der Waals surface area contributed by atoms with Gasteiger partial charge in [-0.25, -0.2) is 4.57 Å². The van der Waals surface area contributed by atoms with Crippen LogP contribution in [-0.4, -0.2) is 74.2 Å². The van der Waals surface area contributed by atoms with Crippen LogP contribution in [-0.2, 0) is 20.9 Å². The Balaban J connectivity index is 1.32. The number of aryl methyl sites for hydroxylation is 1. The highest BCUT2D eigenvalue weighted by Crippen LogP contribution is 2.54. The van der Waals surface area contributed by atoms with E-state index in [2.05, 4.69) is 20.6 Å². The van der Waals surface area contributed by atoms with E-state index in [0.29, 0.717) is 5.25 Å². The van der Waals surface area contributed by atoms with E-state index in [1.54, 1.807) is 29.3 Å². The number of thiazole rings is 1. The van der Waals surface area contributed by atoms with E-state index in [1.807, 2.05) is 31.1 Å². The quantitative estimate of drug-likeness (QED) is 0.160. The third kappa shape index (κ3) is 3.70. The van der Waals surface area contributed by atoms with Crippen molar-refractivity contribution in [1.29, 1.82) is 0 Å². The number of nitrogens with two attached hydrogens (primary N) is 1. The van der Waals surface area contributed by atoms with Crippen LogP contribution in [0.1, 0.15) is 25.1 Å². The summed E-state index contributed by atoms with van der Waals surface area (Å²) in [4.78, 5) is 39.5. The van der Waals surface area contributed by atoms with Crippen LogP contribution in [0.4, 0.5) is 0 Å². The second-order valence-corrected chi connectivity index (χ2v) is 12.8. The zero-order chi connectivity index (χ0) is 25.9. The first-order valence-electron chi connectivity index (χ1n) is 11.8. The van der Waals surface area contributed by atoms with Crippen molar-refractivity contribution in [2.45, 2.75) is 55.3 Å². The number of amides is 2. The smallest absolute Gasteiger partial charge is 0.250 e. The number of fused-ring (bicyclic) bond motifs is 2. The molecule has 0 spiro atoms. The molecule has 2 fully saturated rings. The summed E-state index contributed by atoms with van der Waals surface area (Å²) in [6.07, 6.45) is 7.26. The van der Waals surface area contributed by atoms with Gasteiger partial charge in [-0.3, -0.25) is 9.59 Å². The first kappa shape index (κ1) is 25.6. The normalized spacial score (nSPS) is 30.4. The van der Waals surface area contributed by atoms with Crippen molar-refractivity contribution in [3.63, 3.8) is 0 Å². The van der Waals surface area contributed by atoms with Gasteiger partial charge >= 0.3 is 0 Å². The number of carbonyl (C=O) groups is 3. The average molecular weight is 552 g/mol. The largest absolute Gasteiger partial charge is 0.549 e. The number of nitrogens with zero attached hydrogens (tertiary/aromatic N) is 3. The number of β-lactam (4-membered cyclic amide) rings is 1. The SMILES string of the molecule is CSc1c2sc(C3=CN4C(=O)[C@@](C(=O)[O-])([C@@H](C)O)[C@H]4[C@H]3C)cn2c[n+]1CCS[C@@H]1CN[C@H](C(N)=O)C1. The third-order valence-electron chi connectivity index (χ3n) is 7.60. The molecule has 2 aromatic rings. The summed E-state index contributed by atoms with van der Waals surface area (Å²) < 4.78 is 4.29. The molecule has 4 N–H and O–H groups in total. The minimum absolute atomic E-state index is 0.234. The molecule has 194 valence electrons. The number of aliphatic carboxylic acids is 1. The minimum Gasteiger partial charge on any atom is -0.549 e. The summed E-state index contributed by atoms with van der Waals surface area (Å²) in [6, 6.07) is -0.894. The van der Waals surface area contributed by atoms with Gasteiger partial charge < -0.3 is 31.0 Å². The zero-order valence-electron chi connectivity index (χ0n) is 20.2. The lowest BCUT2D eigenvalue weighted by molar-refractivity contribution is -0.725. The number of aliphatic hydroxyl groups is 1. The lowest BCUT2D eigenvalue weighted by atomic mass is 9.63. The summed E-state index contributed by atoms with van der Waals surface area (Å²) in [5.74, 6) is -1.78. The Hall–Kier alpha value is -2.06.